The molecule has 0 aliphatic rings. The highest BCUT2D eigenvalue weighted by Crippen LogP contribution is 2.13. The van der Waals surface area contributed by atoms with Crippen molar-refractivity contribution >= 4 is 5.69 Å². The summed E-state index contributed by atoms with van der Waals surface area (Å²) in [6, 6.07) is 5.14. The Morgan fingerprint density at radius 3 is 2.81 bits per heavy atom. The van der Waals surface area contributed by atoms with Crippen molar-refractivity contribution < 1.29 is 4.39 Å². The van der Waals surface area contributed by atoms with Crippen LogP contribution in [0.3, 0.4) is 0 Å². The molecule has 88 valence electrons. The third kappa shape index (κ3) is 4.47. The molecule has 0 unspecified atom stereocenters. The van der Waals surface area contributed by atoms with Gasteiger partial charge in [-0.2, -0.15) is 0 Å². The minimum atomic E-state index is -0.142. The zero-order valence-corrected chi connectivity index (χ0v) is 9.93. The number of hydrogen-bond acceptors (Lipinski definition) is 1. The number of halogens is 1. The van der Waals surface area contributed by atoms with Crippen LogP contribution in [0.2, 0.25) is 0 Å². The van der Waals surface area contributed by atoms with E-state index in [4.69, 9.17) is 0 Å². The summed E-state index contributed by atoms with van der Waals surface area (Å²) in [4.78, 5) is 0. The normalized spacial score (nSPS) is 10.1. The van der Waals surface area contributed by atoms with Crippen LogP contribution in [0.1, 0.15) is 31.2 Å². The topological polar surface area (TPSA) is 12.0 Å². The van der Waals surface area contributed by atoms with Crippen LogP contribution in [0.15, 0.2) is 30.9 Å². The first-order valence-electron chi connectivity index (χ1n) is 5.85. The summed E-state index contributed by atoms with van der Waals surface area (Å²) in [7, 11) is 0. The number of benzene rings is 1. The van der Waals surface area contributed by atoms with Gasteiger partial charge in [0.2, 0.25) is 0 Å². The summed E-state index contributed by atoms with van der Waals surface area (Å²) in [5, 5.41) is 3.30. The summed E-state index contributed by atoms with van der Waals surface area (Å²) >= 11 is 0. The molecule has 1 N–H and O–H groups in total. The van der Waals surface area contributed by atoms with E-state index in [1.807, 2.05) is 12.1 Å². The van der Waals surface area contributed by atoms with Crippen molar-refractivity contribution in [1.82, 2.24) is 0 Å². The quantitative estimate of drug-likeness (QED) is 0.535. The highest BCUT2D eigenvalue weighted by Gasteiger charge is 1.97. The minimum absolute atomic E-state index is 0.142. The first-order chi connectivity index (χ1) is 7.74. The Kier molecular flexibility index (Phi) is 5.62. The van der Waals surface area contributed by atoms with Gasteiger partial charge >= 0.3 is 0 Å². The fraction of sp³-hybridized carbons (Fsp3) is 0.429. The predicted molar refractivity (Wildman–Crippen MR) is 68.3 cm³/mol. The molecule has 1 rings (SSSR count). The van der Waals surface area contributed by atoms with Gasteiger partial charge in [0.25, 0.3) is 0 Å². The van der Waals surface area contributed by atoms with Crippen LogP contribution in [0.5, 0.6) is 0 Å². The molecular formula is C14H20FN. The van der Waals surface area contributed by atoms with E-state index in [1.54, 1.807) is 13.0 Å². The van der Waals surface area contributed by atoms with Crippen molar-refractivity contribution in [1.29, 1.82) is 0 Å². The highest BCUT2D eigenvalue weighted by molar-refractivity contribution is 5.45. The lowest BCUT2D eigenvalue weighted by molar-refractivity contribution is 0.618. The molecule has 16 heavy (non-hydrogen) atoms. The van der Waals surface area contributed by atoms with E-state index in [0.717, 1.165) is 25.1 Å². The monoisotopic (exact) mass is 221 g/mol. The highest BCUT2D eigenvalue weighted by atomic mass is 19.1. The number of nitrogens with one attached hydrogen (secondary N) is 1. The molecule has 0 bridgehead atoms. The van der Waals surface area contributed by atoms with Gasteiger partial charge in [0.1, 0.15) is 5.82 Å². The number of aryl methyl sites for hydroxylation is 1. The molecule has 0 fully saturated rings. The predicted octanol–water partition coefficient (Wildman–Crippen LogP) is 4.29. The second kappa shape index (κ2) is 7.04. The van der Waals surface area contributed by atoms with Gasteiger partial charge in [-0.25, -0.2) is 4.39 Å². The molecule has 2 heteroatoms. The molecule has 0 aromatic heterocycles. The summed E-state index contributed by atoms with van der Waals surface area (Å²) in [6.45, 7) is 6.42. The molecule has 0 heterocycles. The van der Waals surface area contributed by atoms with Crippen molar-refractivity contribution in [3.8, 4) is 0 Å². The van der Waals surface area contributed by atoms with Gasteiger partial charge in [0, 0.05) is 12.2 Å². The Labute approximate surface area is 97.4 Å². The summed E-state index contributed by atoms with van der Waals surface area (Å²) in [5.74, 6) is -0.142. The van der Waals surface area contributed by atoms with E-state index >= 15 is 0 Å². The van der Waals surface area contributed by atoms with Crippen LogP contribution < -0.4 is 5.32 Å². The minimum Gasteiger partial charge on any atom is -0.385 e. The third-order valence-corrected chi connectivity index (χ3v) is 2.57. The molecule has 0 aliphatic heterocycles. The standard InChI is InChI=1S/C14H20FN/c1-3-4-5-6-7-10-16-13-8-9-14(15)12(2)11-13/h3,8-9,11,16H,1,4-7,10H2,2H3. The van der Waals surface area contributed by atoms with Crippen LogP contribution in [-0.4, -0.2) is 6.54 Å². The summed E-state index contributed by atoms with van der Waals surface area (Å²) in [5.41, 5.74) is 1.69. The van der Waals surface area contributed by atoms with Crippen molar-refractivity contribution in [3.05, 3.63) is 42.2 Å². The Morgan fingerprint density at radius 1 is 1.31 bits per heavy atom. The Balaban J connectivity index is 2.21. The molecule has 0 atom stereocenters. The number of unbranched alkanes of at least 4 members (excludes halogenated alkanes) is 3. The van der Waals surface area contributed by atoms with Crippen LogP contribution in [0.4, 0.5) is 10.1 Å². The summed E-state index contributed by atoms with van der Waals surface area (Å²) in [6.07, 6.45) is 6.60. The zero-order valence-electron chi connectivity index (χ0n) is 9.93. The fourth-order valence-electron chi connectivity index (χ4n) is 1.58. The second-order valence-corrected chi connectivity index (χ2v) is 4.03. The van der Waals surface area contributed by atoms with Crippen molar-refractivity contribution in [2.75, 3.05) is 11.9 Å². The lowest BCUT2D eigenvalue weighted by Gasteiger charge is -2.07. The van der Waals surface area contributed by atoms with Crippen LogP contribution >= 0.6 is 0 Å². The molecule has 1 aromatic rings. The summed E-state index contributed by atoms with van der Waals surface area (Å²) < 4.78 is 13.0. The SMILES string of the molecule is C=CCCCCCNc1ccc(F)c(C)c1. The van der Waals surface area contributed by atoms with Crippen molar-refractivity contribution in [3.63, 3.8) is 0 Å². The molecule has 1 aromatic carbocycles. The van der Waals surface area contributed by atoms with Crippen LogP contribution in [-0.2, 0) is 0 Å². The third-order valence-electron chi connectivity index (χ3n) is 2.57. The van der Waals surface area contributed by atoms with E-state index in [1.165, 1.54) is 18.9 Å². The zero-order chi connectivity index (χ0) is 11.8. The molecule has 0 radical (unpaired) electrons. The van der Waals surface area contributed by atoms with E-state index in [0.29, 0.717) is 5.56 Å². The average molecular weight is 221 g/mol. The van der Waals surface area contributed by atoms with E-state index < -0.39 is 0 Å². The van der Waals surface area contributed by atoms with Crippen molar-refractivity contribution in [2.24, 2.45) is 0 Å². The van der Waals surface area contributed by atoms with Crippen molar-refractivity contribution in [2.45, 2.75) is 32.6 Å². The molecular weight excluding hydrogens is 201 g/mol. The maximum absolute atomic E-state index is 13.0. The van der Waals surface area contributed by atoms with Gasteiger partial charge in [-0.1, -0.05) is 12.5 Å². The molecule has 0 saturated heterocycles. The van der Waals surface area contributed by atoms with E-state index in [9.17, 15) is 4.39 Å². The van der Waals surface area contributed by atoms with Gasteiger partial charge in [-0.3, -0.25) is 0 Å². The molecule has 1 nitrogen and oxygen atoms in total. The number of allylic oxidation sites excluding steroid dienone is 1. The Bertz CT molecular complexity index is 334. The molecule has 0 amide bonds. The lowest BCUT2D eigenvalue weighted by Crippen LogP contribution is -2.01. The maximum atomic E-state index is 13.0. The van der Waals surface area contributed by atoms with Gasteiger partial charge in [-0.15, -0.1) is 6.58 Å². The van der Waals surface area contributed by atoms with Crippen LogP contribution in [0, 0.1) is 12.7 Å². The Morgan fingerprint density at radius 2 is 2.12 bits per heavy atom. The largest absolute Gasteiger partial charge is 0.385 e. The van der Waals surface area contributed by atoms with E-state index in [2.05, 4.69) is 11.9 Å². The molecule has 0 spiro atoms. The second-order valence-electron chi connectivity index (χ2n) is 4.03. The van der Waals surface area contributed by atoms with Crippen LogP contribution in [0.25, 0.3) is 0 Å². The fourth-order valence-corrected chi connectivity index (χ4v) is 1.58. The van der Waals surface area contributed by atoms with Gasteiger partial charge in [0.05, 0.1) is 0 Å². The first kappa shape index (κ1) is 12.8. The Hall–Kier alpha value is -1.31. The van der Waals surface area contributed by atoms with Gasteiger partial charge in [-0.05, 0) is 49.9 Å². The number of anilines is 1. The maximum Gasteiger partial charge on any atom is 0.126 e. The van der Waals surface area contributed by atoms with Gasteiger partial charge in [0.15, 0.2) is 0 Å². The number of hydrogen-bond donors (Lipinski definition) is 1. The first-order valence-corrected chi connectivity index (χ1v) is 5.85. The van der Waals surface area contributed by atoms with Gasteiger partial charge < -0.3 is 5.32 Å². The van der Waals surface area contributed by atoms with E-state index in [-0.39, 0.29) is 5.82 Å². The number of rotatable bonds is 7. The smallest absolute Gasteiger partial charge is 0.126 e. The molecule has 0 saturated carbocycles. The molecule has 0 aliphatic carbocycles. The lowest BCUT2D eigenvalue weighted by atomic mass is 10.2. The average Bonchev–Trinajstić information content (AvgIpc) is 2.28.